The van der Waals surface area contributed by atoms with Crippen molar-refractivity contribution in [3.63, 3.8) is 0 Å². The van der Waals surface area contributed by atoms with Crippen LogP contribution in [0.4, 0.5) is 0 Å². The second-order valence-electron chi connectivity index (χ2n) is 5.53. The molecule has 0 rings (SSSR count). The molecule has 0 saturated carbocycles. The number of unbranched alkanes of at least 4 members (excludes halogenated alkanes) is 8. The predicted molar refractivity (Wildman–Crippen MR) is 89.6 cm³/mol. The third-order valence-electron chi connectivity index (χ3n) is 3.83. The zero-order valence-electron chi connectivity index (χ0n) is 14.8. The number of carbonyl (C=O) groups is 1. The highest BCUT2D eigenvalue weighted by Crippen LogP contribution is 2.11. The Morgan fingerprint density at radius 1 is 0.773 bits per heavy atom. The van der Waals surface area contributed by atoms with Gasteiger partial charge in [-0.2, -0.15) is 0 Å². The first-order chi connectivity index (χ1) is 10.6. The first-order valence-electron chi connectivity index (χ1n) is 8.45. The molecule has 0 heterocycles. The van der Waals surface area contributed by atoms with E-state index >= 15 is 0 Å². The quantitative estimate of drug-likeness (QED) is 0.258. The summed E-state index contributed by atoms with van der Waals surface area (Å²) in [5.74, 6) is -0.203. The zero-order chi connectivity index (χ0) is 16.7. The fraction of sp³-hybridized carbons (Fsp3) is 0.938. The van der Waals surface area contributed by atoms with Gasteiger partial charge in [0.25, 0.3) is 0 Å². The monoisotopic (exact) mass is 334 g/mol. The number of hydrogen-bond donors (Lipinski definition) is 0. The van der Waals surface area contributed by atoms with Gasteiger partial charge in [-0.05, 0) is 6.42 Å². The van der Waals surface area contributed by atoms with E-state index in [9.17, 15) is 4.79 Å². The molecular formula is C16H34O5Si. The van der Waals surface area contributed by atoms with Crippen LogP contribution < -0.4 is 0 Å². The van der Waals surface area contributed by atoms with Crippen molar-refractivity contribution in [2.24, 2.45) is 0 Å². The van der Waals surface area contributed by atoms with Crippen LogP contribution in [0.15, 0.2) is 0 Å². The highest BCUT2D eigenvalue weighted by molar-refractivity contribution is 6.60. The number of rotatable bonds is 15. The predicted octanol–water partition coefficient (Wildman–Crippen LogP) is 3.87. The van der Waals surface area contributed by atoms with Gasteiger partial charge in [0.1, 0.15) is 0 Å². The van der Waals surface area contributed by atoms with Gasteiger partial charge in [-0.3, -0.25) is 4.79 Å². The third kappa shape index (κ3) is 10.3. The first-order valence-corrected chi connectivity index (χ1v) is 10.4. The van der Waals surface area contributed by atoms with E-state index < -0.39 is 8.80 Å². The summed E-state index contributed by atoms with van der Waals surface area (Å²) in [5.41, 5.74) is 0. The van der Waals surface area contributed by atoms with Gasteiger partial charge >= 0.3 is 14.8 Å². The minimum Gasteiger partial charge on any atom is -0.461 e. The summed E-state index contributed by atoms with van der Waals surface area (Å²) >= 11 is 0. The van der Waals surface area contributed by atoms with Crippen molar-refractivity contribution in [1.82, 2.24) is 0 Å². The Labute approximate surface area is 137 Å². The summed E-state index contributed by atoms with van der Waals surface area (Å²) in [6.07, 6.45) is 11.6. The Hall–Kier alpha value is -0.433. The lowest BCUT2D eigenvalue weighted by Gasteiger charge is -2.23. The second kappa shape index (κ2) is 14.2. The molecule has 6 heteroatoms. The molecular weight excluding hydrogens is 300 g/mol. The van der Waals surface area contributed by atoms with Crippen LogP contribution in [0.3, 0.4) is 0 Å². The number of hydrogen-bond acceptors (Lipinski definition) is 5. The van der Waals surface area contributed by atoms with Crippen LogP contribution in [-0.4, -0.2) is 42.3 Å². The maximum absolute atomic E-state index is 11.7. The minimum absolute atomic E-state index is 0.0762. The maximum atomic E-state index is 11.7. The molecule has 0 saturated heterocycles. The minimum atomic E-state index is -2.80. The Morgan fingerprint density at radius 2 is 1.23 bits per heavy atom. The Kier molecular flexibility index (Phi) is 13.9. The largest absolute Gasteiger partial charge is 0.539 e. The molecule has 0 spiro atoms. The van der Waals surface area contributed by atoms with Crippen LogP contribution in [-0.2, 0) is 22.8 Å². The molecule has 0 aliphatic rings. The summed E-state index contributed by atoms with van der Waals surface area (Å²) in [5, 5.41) is 0. The van der Waals surface area contributed by atoms with Crippen molar-refractivity contribution in [1.29, 1.82) is 0 Å². The molecule has 22 heavy (non-hydrogen) atoms. The molecule has 0 aromatic heterocycles. The average molecular weight is 335 g/mol. The van der Waals surface area contributed by atoms with Crippen LogP contribution in [0.5, 0.6) is 0 Å². The van der Waals surface area contributed by atoms with Crippen molar-refractivity contribution in [2.75, 3.05) is 27.6 Å². The van der Waals surface area contributed by atoms with Crippen molar-refractivity contribution < 1.29 is 22.8 Å². The highest BCUT2D eigenvalue weighted by atomic mass is 28.4. The van der Waals surface area contributed by atoms with E-state index in [0.717, 1.165) is 12.8 Å². The molecule has 0 unspecified atom stereocenters. The van der Waals surface area contributed by atoms with Gasteiger partial charge in [-0.25, -0.2) is 0 Å². The lowest BCUT2D eigenvalue weighted by atomic mass is 10.1. The van der Waals surface area contributed by atoms with E-state index in [0.29, 0.717) is 6.42 Å². The molecule has 0 aliphatic heterocycles. The molecule has 0 amide bonds. The van der Waals surface area contributed by atoms with Crippen LogP contribution in [0.25, 0.3) is 0 Å². The van der Waals surface area contributed by atoms with Gasteiger partial charge in [-0.15, -0.1) is 0 Å². The highest BCUT2D eigenvalue weighted by Gasteiger charge is 2.40. The van der Waals surface area contributed by atoms with Gasteiger partial charge in [0, 0.05) is 27.8 Å². The molecule has 0 aromatic carbocycles. The van der Waals surface area contributed by atoms with Crippen LogP contribution in [0, 0.1) is 0 Å². The van der Waals surface area contributed by atoms with Gasteiger partial charge < -0.3 is 18.0 Å². The van der Waals surface area contributed by atoms with Crippen LogP contribution in [0.2, 0.25) is 0 Å². The van der Waals surface area contributed by atoms with Crippen molar-refractivity contribution >= 4 is 14.8 Å². The van der Waals surface area contributed by atoms with E-state index in [1.165, 1.54) is 66.3 Å². The molecule has 0 aliphatic carbocycles. The lowest BCUT2D eigenvalue weighted by molar-refractivity contribution is -0.143. The summed E-state index contributed by atoms with van der Waals surface area (Å²) < 4.78 is 20.8. The number of carbonyl (C=O) groups excluding carboxylic acids is 1. The van der Waals surface area contributed by atoms with Crippen molar-refractivity contribution in [2.45, 2.75) is 71.1 Å². The van der Waals surface area contributed by atoms with Crippen LogP contribution in [0.1, 0.15) is 71.1 Å². The number of ether oxygens (including phenoxy) is 1. The molecule has 0 fully saturated rings. The van der Waals surface area contributed by atoms with Crippen molar-refractivity contribution in [3.05, 3.63) is 0 Å². The normalized spacial score (nSPS) is 11.6. The van der Waals surface area contributed by atoms with E-state index in [2.05, 4.69) is 6.92 Å². The van der Waals surface area contributed by atoms with E-state index in [4.69, 9.17) is 18.0 Å². The molecule has 0 N–H and O–H groups in total. The lowest BCUT2D eigenvalue weighted by Crippen LogP contribution is -2.48. The van der Waals surface area contributed by atoms with Crippen molar-refractivity contribution in [3.8, 4) is 0 Å². The molecule has 5 nitrogen and oxygen atoms in total. The maximum Gasteiger partial charge on any atom is 0.539 e. The van der Waals surface area contributed by atoms with Gasteiger partial charge in [-0.1, -0.05) is 58.3 Å². The fourth-order valence-corrected chi connectivity index (χ4v) is 3.44. The van der Waals surface area contributed by atoms with E-state index in [1.54, 1.807) is 0 Å². The summed E-state index contributed by atoms with van der Waals surface area (Å²) in [7, 11) is 1.72. The average Bonchev–Trinajstić information content (AvgIpc) is 2.55. The van der Waals surface area contributed by atoms with Gasteiger partial charge in [0.2, 0.25) is 0 Å². The molecule has 0 atom stereocenters. The Morgan fingerprint density at radius 3 is 1.68 bits per heavy atom. The van der Waals surface area contributed by atoms with E-state index in [1.807, 2.05) is 0 Å². The topological polar surface area (TPSA) is 54.0 Å². The zero-order valence-corrected chi connectivity index (χ0v) is 15.8. The standard InChI is InChI=1S/C16H34O5Si/c1-5-6-7-8-9-10-11-12-13-14-16(17)21-15-22(18-2,19-3)20-4/h5-15H2,1-4H3. The second-order valence-corrected chi connectivity index (χ2v) is 8.41. The van der Waals surface area contributed by atoms with Gasteiger partial charge in [0.05, 0.1) is 0 Å². The van der Waals surface area contributed by atoms with Crippen LogP contribution >= 0.6 is 0 Å². The smallest absolute Gasteiger partial charge is 0.461 e. The molecule has 132 valence electrons. The summed E-state index contributed by atoms with van der Waals surface area (Å²) in [4.78, 5) is 11.7. The number of esters is 1. The SMILES string of the molecule is CCCCCCCCCCCC(=O)OC[Si](OC)(OC)OC. The summed E-state index contributed by atoms with van der Waals surface area (Å²) in [6, 6.07) is 0. The molecule has 0 bridgehead atoms. The summed E-state index contributed by atoms with van der Waals surface area (Å²) in [6.45, 7) is 2.23. The molecule has 0 aromatic rings. The first kappa shape index (κ1) is 21.6. The fourth-order valence-electron chi connectivity index (χ4n) is 2.25. The van der Waals surface area contributed by atoms with Gasteiger partial charge in [0.15, 0.2) is 6.23 Å². The molecule has 0 radical (unpaired) electrons. The third-order valence-corrected chi connectivity index (χ3v) is 6.19. The van der Waals surface area contributed by atoms with E-state index in [-0.39, 0.29) is 12.2 Å². The Balaban J connectivity index is 3.54. The Bertz CT molecular complexity index is 261.